The minimum atomic E-state index is -0.797. The lowest BCUT2D eigenvalue weighted by molar-refractivity contribution is -0.134. The Balaban J connectivity index is 2.21. The number of carbonyl (C=O) groups excluding carboxylic acids is 2. The molecule has 1 aliphatic rings. The van der Waals surface area contributed by atoms with Gasteiger partial charge in [-0.05, 0) is 25.7 Å². The Morgan fingerprint density at radius 1 is 1.19 bits per heavy atom. The highest BCUT2D eigenvalue weighted by Gasteiger charge is 2.33. The summed E-state index contributed by atoms with van der Waals surface area (Å²) in [6.45, 7) is 5.55. The average Bonchev–Trinajstić information content (AvgIpc) is 2.70. The van der Waals surface area contributed by atoms with Gasteiger partial charge in [-0.3, -0.25) is 4.79 Å². The topological polar surface area (TPSA) is 63.6 Å². The van der Waals surface area contributed by atoms with Gasteiger partial charge in [-0.25, -0.2) is 4.79 Å². The molecule has 21 heavy (non-hydrogen) atoms. The molecule has 0 fully saturated rings. The Labute approximate surface area is 126 Å². The van der Waals surface area contributed by atoms with E-state index in [0.717, 1.165) is 12.8 Å². The number of allylic oxidation sites excluding steroid dienone is 2. The predicted octanol–water partition coefficient (Wildman–Crippen LogP) is 4.14. The van der Waals surface area contributed by atoms with Crippen molar-refractivity contribution in [3.05, 3.63) is 35.8 Å². The standard InChI is InChI=1S/C17H24O4/c1-3-4-5-6-7-8-9-10-11-12-14(18)15-16(19)13(2)21-17(15)20/h8-9,19H,2-7,10-12H2,1H3/b9-8+. The average molecular weight is 292 g/mol. The number of ketones is 1. The van der Waals surface area contributed by atoms with Crippen molar-refractivity contribution in [3.63, 3.8) is 0 Å². The van der Waals surface area contributed by atoms with Crippen LogP contribution in [0.4, 0.5) is 0 Å². The molecule has 0 saturated heterocycles. The SMILES string of the molecule is C=C1OC(=O)C(C(=O)CCC/C=C/CCCCCC)=C1O. The maximum Gasteiger partial charge on any atom is 0.351 e. The van der Waals surface area contributed by atoms with Gasteiger partial charge in [0.15, 0.2) is 17.3 Å². The predicted molar refractivity (Wildman–Crippen MR) is 81.6 cm³/mol. The maximum absolute atomic E-state index is 11.8. The monoisotopic (exact) mass is 292 g/mol. The molecule has 1 rings (SSSR count). The van der Waals surface area contributed by atoms with E-state index in [1.807, 2.05) is 0 Å². The Hall–Kier alpha value is -1.84. The first kappa shape index (κ1) is 17.2. The fourth-order valence-corrected chi connectivity index (χ4v) is 2.12. The summed E-state index contributed by atoms with van der Waals surface area (Å²) in [4.78, 5) is 23.2. The number of hydrogen-bond donors (Lipinski definition) is 1. The summed E-state index contributed by atoms with van der Waals surface area (Å²) in [5, 5.41) is 9.54. The molecule has 116 valence electrons. The van der Waals surface area contributed by atoms with Gasteiger partial charge in [0.05, 0.1) is 0 Å². The number of ether oxygens (including phenoxy) is 1. The summed E-state index contributed by atoms with van der Waals surface area (Å²) in [7, 11) is 0. The van der Waals surface area contributed by atoms with Crippen LogP contribution < -0.4 is 0 Å². The van der Waals surface area contributed by atoms with Crippen LogP contribution in [-0.2, 0) is 14.3 Å². The summed E-state index contributed by atoms with van der Waals surface area (Å²) in [6.07, 6.45) is 11.9. The second-order valence-corrected chi connectivity index (χ2v) is 5.17. The van der Waals surface area contributed by atoms with Crippen LogP contribution >= 0.6 is 0 Å². The van der Waals surface area contributed by atoms with Gasteiger partial charge in [-0.2, -0.15) is 0 Å². The fraction of sp³-hybridized carbons (Fsp3) is 0.529. The molecule has 0 atom stereocenters. The third-order valence-electron chi connectivity index (χ3n) is 3.37. The van der Waals surface area contributed by atoms with Crippen LogP contribution in [0.3, 0.4) is 0 Å². The van der Waals surface area contributed by atoms with E-state index < -0.39 is 11.7 Å². The van der Waals surface area contributed by atoms with Crippen LogP contribution in [0.15, 0.2) is 35.8 Å². The van der Waals surface area contributed by atoms with Crippen molar-refractivity contribution in [1.82, 2.24) is 0 Å². The van der Waals surface area contributed by atoms with Gasteiger partial charge in [0.2, 0.25) is 0 Å². The second kappa shape index (κ2) is 9.16. The van der Waals surface area contributed by atoms with E-state index in [1.165, 1.54) is 25.7 Å². The van der Waals surface area contributed by atoms with Crippen LogP contribution in [0.25, 0.3) is 0 Å². The molecule has 1 N–H and O–H groups in total. The van der Waals surface area contributed by atoms with Crippen molar-refractivity contribution in [3.8, 4) is 0 Å². The van der Waals surface area contributed by atoms with Gasteiger partial charge >= 0.3 is 5.97 Å². The van der Waals surface area contributed by atoms with Gasteiger partial charge in [0.25, 0.3) is 0 Å². The van der Waals surface area contributed by atoms with Crippen molar-refractivity contribution < 1.29 is 19.4 Å². The molecule has 0 aromatic heterocycles. The van der Waals surface area contributed by atoms with Gasteiger partial charge < -0.3 is 9.84 Å². The smallest absolute Gasteiger partial charge is 0.351 e. The molecule has 0 amide bonds. The largest absolute Gasteiger partial charge is 0.504 e. The summed E-state index contributed by atoms with van der Waals surface area (Å²) >= 11 is 0. The lowest BCUT2D eigenvalue weighted by Gasteiger charge is -1.98. The zero-order valence-corrected chi connectivity index (χ0v) is 12.7. The molecule has 0 aliphatic carbocycles. The highest BCUT2D eigenvalue weighted by Crippen LogP contribution is 2.24. The molecule has 0 aromatic carbocycles. The van der Waals surface area contributed by atoms with E-state index in [4.69, 9.17) is 0 Å². The molecule has 0 unspecified atom stereocenters. The van der Waals surface area contributed by atoms with Crippen molar-refractivity contribution in [1.29, 1.82) is 0 Å². The van der Waals surface area contributed by atoms with Crippen molar-refractivity contribution >= 4 is 11.8 Å². The number of esters is 1. The van der Waals surface area contributed by atoms with Crippen molar-refractivity contribution in [2.45, 2.75) is 58.3 Å². The second-order valence-electron chi connectivity index (χ2n) is 5.17. The highest BCUT2D eigenvalue weighted by molar-refractivity contribution is 6.19. The third kappa shape index (κ3) is 5.58. The summed E-state index contributed by atoms with van der Waals surface area (Å²) in [6, 6.07) is 0. The van der Waals surface area contributed by atoms with Gasteiger partial charge in [0, 0.05) is 6.42 Å². The van der Waals surface area contributed by atoms with Crippen molar-refractivity contribution in [2.24, 2.45) is 0 Å². The summed E-state index contributed by atoms with van der Waals surface area (Å²) in [5.74, 6) is -1.74. The first-order valence-corrected chi connectivity index (χ1v) is 7.60. The van der Waals surface area contributed by atoms with Crippen LogP contribution in [0, 0.1) is 0 Å². The molecular weight excluding hydrogens is 268 g/mol. The number of cyclic esters (lactones) is 1. The lowest BCUT2D eigenvalue weighted by Crippen LogP contribution is -2.10. The molecule has 4 nitrogen and oxygen atoms in total. The molecule has 0 spiro atoms. The number of Topliss-reactive ketones (excluding diaryl/α,β-unsaturated/α-hetero) is 1. The minimum absolute atomic E-state index is 0.143. The van der Waals surface area contributed by atoms with E-state index in [9.17, 15) is 14.7 Å². The van der Waals surface area contributed by atoms with Crippen LogP contribution in [0.1, 0.15) is 58.3 Å². The Morgan fingerprint density at radius 2 is 1.86 bits per heavy atom. The zero-order valence-electron chi connectivity index (χ0n) is 12.7. The van der Waals surface area contributed by atoms with Crippen LogP contribution in [-0.4, -0.2) is 16.9 Å². The van der Waals surface area contributed by atoms with Crippen molar-refractivity contribution in [2.75, 3.05) is 0 Å². The summed E-state index contributed by atoms with van der Waals surface area (Å²) in [5.41, 5.74) is -0.261. The van der Waals surface area contributed by atoms with E-state index in [-0.39, 0.29) is 23.5 Å². The van der Waals surface area contributed by atoms with E-state index in [0.29, 0.717) is 6.42 Å². The Bertz CT molecular complexity index is 457. The molecular formula is C17H24O4. The van der Waals surface area contributed by atoms with E-state index in [1.54, 1.807) is 0 Å². The van der Waals surface area contributed by atoms with E-state index in [2.05, 4.69) is 30.4 Å². The first-order chi connectivity index (χ1) is 10.1. The number of hydrogen-bond acceptors (Lipinski definition) is 4. The normalized spacial score (nSPS) is 15.1. The van der Waals surface area contributed by atoms with Crippen LogP contribution in [0.2, 0.25) is 0 Å². The third-order valence-corrected chi connectivity index (χ3v) is 3.37. The number of aliphatic hydroxyl groups is 1. The molecule has 1 heterocycles. The van der Waals surface area contributed by atoms with Gasteiger partial charge in [-0.1, -0.05) is 44.9 Å². The minimum Gasteiger partial charge on any atom is -0.504 e. The highest BCUT2D eigenvalue weighted by atomic mass is 16.6. The maximum atomic E-state index is 11.8. The number of carbonyl (C=O) groups is 2. The summed E-state index contributed by atoms with van der Waals surface area (Å²) < 4.78 is 4.61. The molecule has 0 bridgehead atoms. The Kier molecular flexibility index (Phi) is 7.51. The number of rotatable bonds is 10. The van der Waals surface area contributed by atoms with Gasteiger partial charge in [0.1, 0.15) is 5.57 Å². The fourth-order valence-electron chi connectivity index (χ4n) is 2.12. The Morgan fingerprint density at radius 3 is 2.43 bits per heavy atom. The molecule has 0 saturated carbocycles. The number of aliphatic hydroxyl groups excluding tert-OH is 1. The number of unbranched alkanes of at least 4 members (excludes halogenated alkanes) is 5. The quantitative estimate of drug-likeness (QED) is 0.284. The molecule has 1 aliphatic heterocycles. The van der Waals surface area contributed by atoms with Crippen LogP contribution in [0.5, 0.6) is 0 Å². The molecule has 0 aromatic rings. The molecule has 4 heteroatoms. The van der Waals surface area contributed by atoms with Gasteiger partial charge in [-0.15, -0.1) is 0 Å². The molecule has 0 radical (unpaired) electrons. The first-order valence-electron chi connectivity index (χ1n) is 7.60. The lowest BCUT2D eigenvalue weighted by atomic mass is 10.0. The van der Waals surface area contributed by atoms with E-state index >= 15 is 0 Å². The zero-order chi connectivity index (χ0) is 15.7.